The summed E-state index contributed by atoms with van der Waals surface area (Å²) in [5.41, 5.74) is 0.523. The van der Waals surface area contributed by atoms with E-state index in [0.717, 1.165) is 20.7 Å². The predicted octanol–water partition coefficient (Wildman–Crippen LogP) is 4.96. The van der Waals surface area contributed by atoms with Crippen molar-refractivity contribution in [2.45, 2.75) is 44.2 Å². The van der Waals surface area contributed by atoms with Gasteiger partial charge in [-0.2, -0.15) is 0 Å². The number of hydrogen-bond donors (Lipinski definition) is 1. The number of nitrogens with zero attached hydrogens (tertiary/aromatic N) is 2. The standard InChI is InChI=1S/C28H31FIN3O4S/c1-3-4-18-31-28(35)21(2)32(19-22-10-8-9-13-26(22)29)27(34)20-33(24-16-14-23(30)15-17-24)38(36,37)25-11-6-5-7-12-25/h5-17,21H,3-4,18-20H2,1-2H3,(H,31,35). The molecule has 0 aliphatic heterocycles. The first-order valence-electron chi connectivity index (χ1n) is 12.3. The quantitative estimate of drug-likeness (QED) is 0.222. The van der Waals surface area contributed by atoms with Crippen molar-refractivity contribution >= 4 is 50.1 Å². The number of carbonyl (C=O) groups is 2. The van der Waals surface area contributed by atoms with Crippen LogP contribution >= 0.6 is 22.6 Å². The van der Waals surface area contributed by atoms with Crippen molar-refractivity contribution in [1.29, 1.82) is 0 Å². The summed E-state index contributed by atoms with van der Waals surface area (Å²) in [4.78, 5) is 27.9. The maximum atomic E-state index is 14.6. The van der Waals surface area contributed by atoms with Crippen LogP contribution in [0.2, 0.25) is 0 Å². The van der Waals surface area contributed by atoms with E-state index in [-0.39, 0.29) is 17.0 Å². The largest absolute Gasteiger partial charge is 0.354 e. The Balaban J connectivity index is 1.99. The molecular formula is C28H31FIN3O4S. The number of unbranched alkanes of at least 4 members (excludes halogenated alkanes) is 1. The van der Waals surface area contributed by atoms with Gasteiger partial charge in [0.25, 0.3) is 10.0 Å². The van der Waals surface area contributed by atoms with E-state index in [9.17, 15) is 22.4 Å². The van der Waals surface area contributed by atoms with Crippen LogP contribution in [0, 0.1) is 9.39 Å². The van der Waals surface area contributed by atoms with Crippen LogP contribution < -0.4 is 9.62 Å². The molecule has 0 saturated carbocycles. The number of nitrogens with one attached hydrogen (secondary N) is 1. The van der Waals surface area contributed by atoms with Crippen molar-refractivity contribution in [2.75, 3.05) is 17.4 Å². The molecule has 0 aromatic heterocycles. The van der Waals surface area contributed by atoms with E-state index in [1.54, 1.807) is 55.5 Å². The van der Waals surface area contributed by atoms with Crippen molar-refractivity contribution in [2.24, 2.45) is 0 Å². The molecule has 3 aromatic rings. The normalized spacial score (nSPS) is 12.0. The van der Waals surface area contributed by atoms with Crippen LogP contribution in [-0.2, 0) is 26.2 Å². The Morgan fingerprint density at radius 1 is 0.974 bits per heavy atom. The molecule has 0 spiro atoms. The zero-order chi connectivity index (χ0) is 27.7. The Bertz CT molecular complexity index is 1340. The Morgan fingerprint density at radius 2 is 1.61 bits per heavy atom. The Morgan fingerprint density at radius 3 is 2.24 bits per heavy atom. The minimum Gasteiger partial charge on any atom is -0.354 e. The molecule has 0 aliphatic carbocycles. The third-order valence-electron chi connectivity index (χ3n) is 6.02. The second-order valence-electron chi connectivity index (χ2n) is 8.73. The maximum Gasteiger partial charge on any atom is 0.264 e. The number of carbonyl (C=O) groups excluding carboxylic acids is 2. The third kappa shape index (κ3) is 7.53. The van der Waals surface area contributed by atoms with Crippen molar-refractivity contribution in [1.82, 2.24) is 10.2 Å². The van der Waals surface area contributed by atoms with Gasteiger partial charge in [0.1, 0.15) is 18.4 Å². The van der Waals surface area contributed by atoms with Crippen LogP contribution in [-0.4, -0.2) is 44.3 Å². The van der Waals surface area contributed by atoms with Gasteiger partial charge in [-0.05, 0) is 78.4 Å². The highest BCUT2D eigenvalue weighted by Crippen LogP contribution is 2.25. The van der Waals surface area contributed by atoms with Gasteiger partial charge in [0.15, 0.2) is 0 Å². The van der Waals surface area contributed by atoms with Gasteiger partial charge in [0.2, 0.25) is 11.8 Å². The first-order chi connectivity index (χ1) is 18.1. The second-order valence-corrected chi connectivity index (χ2v) is 11.8. The summed E-state index contributed by atoms with van der Waals surface area (Å²) >= 11 is 2.11. The highest BCUT2D eigenvalue weighted by Gasteiger charge is 2.32. The number of rotatable bonds is 12. The highest BCUT2D eigenvalue weighted by atomic mass is 127. The number of hydrogen-bond acceptors (Lipinski definition) is 4. The third-order valence-corrected chi connectivity index (χ3v) is 8.53. The van der Waals surface area contributed by atoms with Crippen molar-refractivity contribution in [3.8, 4) is 0 Å². The smallest absolute Gasteiger partial charge is 0.264 e. The van der Waals surface area contributed by atoms with E-state index < -0.39 is 40.2 Å². The summed E-state index contributed by atoms with van der Waals surface area (Å²) in [5.74, 6) is -1.55. The number of benzene rings is 3. The van der Waals surface area contributed by atoms with Gasteiger partial charge >= 0.3 is 0 Å². The molecule has 0 bridgehead atoms. The van der Waals surface area contributed by atoms with Crippen LogP contribution in [0.4, 0.5) is 10.1 Å². The lowest BCUT2D eigenvalue weighted by atomic mass is 10.1. The fourth-order valence-electron chi connectivity index (χ4n) is 3.78. The molecule has 1 atom stereocenters. The molecule has 38 heavy (non-hydrogen) atoms. The molecule has 0 heterocycles. The van der Waals surface area contributed by atoms with Gasteiger partial charge in [0.05, 0.1) is 10.6 Å². The van der Waals surface area contributed by atoms with E-state index in [0.29, 0.717) is 12.2 Å². The molecule has 0 fully saturated rings. The van der Waals surface area contributed by atoms with Crippen LogP contribution in [0.1, 0.15) is 32.3 Å². The molecule has 3 rings (SSSR count). The summed E-state index contributed by atoms with van der Waals surface area (Å²) in [5, 5.41) is 2.81. The molecule has 0 radical (unpaired) electrons. The fraction of sp³-hybridized carbons (Fsp3) is 0.286. The summed E-state index contributed by atoms with van der Waals surface area (Å²) < 4.78 is 43.8. The van der Waals surface area contributed by atoms with Crippen LogP contribution in [0.25, 0.3) is 0 Å². The highest BCUT2D eigenvalue weighted by molar-refractivity contribution is 14.1. The fourth-order valence-corrected chi connectivity index (χ4v) is 5.58. The molecule has 7 nitrogen and oxygen atoms in total. The monoisotopic (exact) mass is 651 g/mol. The van der Waals surface area contributed by atoms with Gasteiger partial charge in [-0.1, -0.05) is 49.7 Å². The van der Waals surface area contributed by atoms with Crippen molar-refractivity contribution in [3.63, 3.8) is 0 Å². The summed E-state index contributed by atoms with van der Waals surface area (Å²) in [7, 11) is -4.13. The lowest BCUT2D eigenvalue weighted by Gasteiger charge is -2.32. The lowest BCUT2D eigenvalue weighted by molar-refractivity contribution is -0.139. The minimum absolute atomic E-state index is 0.0253. The van der Waals surface area contributed by atoms with E-state index >= 15 is 0 Å². The van der Waals surface area contributed by atoms with Gasteiger partial charge in [-0.15, -0.1) is 0 Å². The maximum absolute atomic E-state index is 14.6. The zero-order valence-corrected chi connectivity index (χ0v) is 24.3. The van der Waals surface area contributed by atoms with Crippen LogP contribution in [0.15, 0.2) is 83.8 Å². The lowest BCUT2D eigenvalue weighted by Crippen LogP contribution is -2.51. The minimum atomic E-state index is -4.13. The average Bonchev–Trinajstić information content (AvgIpc) is 2.92. The molecule has 1 N–H and O–H groups in total. The Kier molecular flexibility index (Phi) is 10.7. The topological polar surface area (TPSA) is 86.8 Å². The first-order valence-corrected chi connectivity index (χ1v) is 14.8. The second kappa shape index (κ2) is 13.7. The van der Waals surface area contributed by atoms with E-state index in [4.69, 9.17) is 0 Å². The number of halogens is 2. The molecule has 2 amide bonds. The number of anilines is 1. The summed E-state index contributed by atoms with van der Waals surface area (Å²) in [6.07, 6.45) is 1.66. The summed E-state index contributed by atoms with van der Waals surface area (Å²) in [6.45, 7) is 3.23. The Labute approximate surface area is 237 Å². The Hall–Kier alpha value is -2.99. The molecule has 10 heteroatoms. The molecule has 3 aromatic carbocycles. The summed E-state index contributed by atoms with van der Waals surface area (Å²) in [6, 6.07) is 19.6. The van der Waals surface area contributed by atoms with Crippen molar-refractivity contribution < 1.29 is 22.4 Å². The van der Waals surface area contributed by atoms with E-state index in [1.807, 2.05) is 6.92 Å². The van der Waals surface area contributed by atoms with Crippen LogP contribution in [0.5, 0.6) is 0 Å². The van der Waals surface area contributed by atoms with Crippen molar-refractivity contribution in [3.05, 3.63) is 93.8 Å². The van der Waals surface area contributed by atoms with Gasteiger partial charge in [-0.25, -0.2) is 12.8 Å². The number of amides is 2. The van der Waals surface area contributed by atoms with Gasteiger partial charge < -0.3 is 10.2 Å². The van der Waals surface area contributed by atoms with E-state index in [2.05, 4.69) is 27.9 Å². The molecular weight excluding hydrogens is 620 g/mol. The first kappa shape index (κ1) is 29.6. The molecule has 0 aliphatic rings. The van der Waals surface area contributed by atoms with Crippen LogP contribution in [0.3, 0.4) is 0 Å². The predicted molar refractivity (Wildman–Crippen MR) is 154 cm³/mol. The molecule has 202 valence electrons. The van der Waals surface area contributed by atoms with E-state index in [1.165, 1.54) is 35.2 Å². The molecule has 1 unspecified atom stereocenters. The average molecular weight is 652 g/mol. The zero-order valence-electron chi connectivity index (χ0n) is 21.3. The van der Waals surface area contributed by atoms with Gasteiger partial charge in [-0.3, -0.25) is 13.9 Å². The number of sulfonamides is 1. The molecule has 0 saturated heterocycles. The SMILES string of the molecule is CCCCNC(=O)C(C)N(Cc1ccccc1F)C(=O)CN(c1ccc(I)cc1)S(=O)(=O)c1ccccc1. The van der Waals surface area contributed by atoms with Gasteiger partial charge in [0, 0.05) is 22.2 Å².